The Morgan fingerprint density at radius 2 is 2.12 bits per heavy atom. The predicted molar refractivity (Wildman–Crippen MR) is 81.3 cm³/mol. The fourth-order valence-corrected chi connectivity index (χ4v) is 3.43. The van der Waals surface area contributed by atoms with Crippen LogP contribution in [0.1, 0.15) is 20.3 Å². The summed E-state index contributed by atoms with van der Waals surface area (Å²) in [5.41, 5.74) is 1.15. The SMILES string of the molecule is CC1CC(C)SC(Nc2ccccc2I)=N1. The molecule has 4 heteroatoms. The van der Waals surface area contributed by atoms with Crippen molar-refractivity contribution in [3.05, 3.63) is 27.8 Å². The van der Waals surface area contributed by atoms with E-state index >= 15 is 0 Å². The Kier molecular flexibility index (Phi) is 4.13. The molecule has 2 nitrogen and oxygen atoms in total. The standard InChI is InChI=1S/C12H15IN2S/c1-8-7-9(2)16-12(14-8)15-11-6-4-3-5-10(11)13/h3-6,8-9H,7H2,1-2H3,(H,14,15). The fourth-order valence-electron chi connectivity index (χ4n) is 1.74. The summed E-state index contributed by atoms with van der Waals surface area (Å²) in [5.74, 6) is 0. The minimum Gasteiger partial charge on any atom is -0.334 e. The van der Waals surface area contributed by atoms with E-state index in [0.29, 0.717) is 11.3 Å². The van der Waals surface area contributed by atoms with E-state index in [1.54, 1.807) is 0 Å². The Balaban J connectivity index is 2.13. The van der Waals surface area contributed by atoms with Crippen molar-refractivity contribution in [1.82, 2.24) is 0 Å². The van der Waals surface area contributed by atoms with Crippen LogP contribution in [0.15, 0.2) is 29.3 Å². The quantitative estimate of drug-likeness (QED) is 0.778. The summed E-state index contributed by atoms with van der Waals surface area (Å²) in [5, 5.41) is 5.12. The van der Waals surface area contributed by atoms with Gasteiger partial charge in [-0.15, -0.1) is 0 Å². The van der Waals surface area contributed by atoms with Gasteiger partial charge in [0, 0.05) is 8.82 Å². The number of para-hydroxylation sites is 1. The van der Waals surface area contributed by atoms with Gasteiger partial charge in [-0.25, -0.2) is 0 Å². The van der Waals surface area contributed by atoms with Crippen molar-refractivity contribution >= 4 is 45.2 Å². The third-order valence-corrected chi connectivity index (χ3v) is 4.41. The minimum absolute atomic E-state index is 0.431. The van der Waals surface area contributed by atoms with Crippen LogP contribution in [0.25, 0.3) is 0 Å². The molecule has 86 valence electrons. The average Bonchev–Trinajstić information content (AvgIpc) is 2.20. The minimum atomic E-state index is 0.431. The second-order valence-corrected chi connectivity index (χ2v) is 6.64. The highest BCUT2D eigenvalue weighted by atomic mass is 127. The van der Waals surface area contributed by atoms with Gasteiger partial charge in [-0.1, -0.05) is 30.8 Å². The summed E-state index contributed by atoms with van der Waals surface area (Å²) in [6.45, 7) is 4.43. The number of hydrogen-bond acceptors (Lipinski definition) is 3. The number of aliphatic imine (C=N–C) groups is 1. The number of nitrogens with one attached hydrogen (secondary N) is 1. The first-order chi connectivity index (χ1) is 7.65. The predicted octanol–water partition coefficient (Wildman–Crippen LogP) is 3.97. The maximum absolute atomic E-state index is 4.63. The molecular weight excluding hydrogens is 331 g/mol. The molecule has 2 rings (SSSR count). The van der Waals surface area contributed by atoms with Gasteiger partial charge >= 0.3 is 0 Å². The molecular formula is C12H15IN2S. The van der Waals surface area contributed by atoms with Gasteiger partial charge in [0.2, 0.25) is 0 Å². The number of hydrogen-bond donors (Lipinski definition) is 1. The van der Waals surface area contributed by atoms with Gasteiger partial charge in [-0.2, -0.15) is 0 Å². The third kappa shape index (κ3) is 3.13. The van der Waals surface area contributed by atoms with E-state index in [9.17, 15) is 0 Å². The highest BCUT2D eigenvalue weighted by Crippen LogP contribution is 2.27. The number of halogens is 1. The zero-order valence-electron chi connectivity index (χ0n) is 9.40. The van der Waals surface area contributed by atoms with Crippen LogP contribution in [0.5, 0.6) is 0 Å². The Bertz CT molecular complexity index is 406. The molecule has 2 unspecified atom stereocenters. The molecule has 0 spiro atoms. The van der Waals surface area contributed by atoms with Crippen LogP contribution < -0.4 is 5.32 Å². The van der Waals surface area contributed by atoms with Crippen molar-refractivity contribution in [2.24, 2.45) is 4.99 Å². The van der Waals surface area contributed by atoms with Gasteiger partial charge in [0.05, 0.1) is 11.7 Å². The highest BCUT2D eigenvalue weighted by Gasteiger charge is 2.18. The molecule has 1 aromatic rings. The summed E-state index contributed by atoms with van der Waals surface area (Å²) >= 11 is 4.17. The number of nitrogens with zero attached hydrogens (tertiary/aromatic N) is 1. The lowest BCUT2D eigenvalue weighted by atomic mass is 10.2. The maximum atomic E-state index is 4.63. The molecule has 0 fully saturated rings. The largest absolute Gasteiger partial charge is 0.334 e. The van der Waals surface area contributed by atoms with Crippen LogP contribution in [0.3, 0.4) is 0 Å². The molecule has 1 aliphatic heterocycles. The second kappa shape index (κ2) is 5.40. The van der Waals surface area contributed by atoms with Crippen LogP contribution in [0.4, 0.5) is 5.69 Å². The number of thioether (sulfide) groups is 1. The maximum Gasteiger partial charge on any atom is 0.161 e. The van der Waals surface area contributed by atoms with Crippen LogP contribution >= 0.6 is 34.4 Å². The van der Waals surface area contributed by atoms with E-state index in [4.69, 9.17) is 0 Å². The molecule has 0 saturated carbocycles. The first-order valence-corrected chi connectivity index (χ1v) is 7.37. The lowest BCUT2D eigenvalue weighted by Crippen LogP contribution is -2.22. The van der Waals surface area contributed by atoms with Gasteiger partial charge in [0.25, 0.3) is 0 Å². The zero-order valence-corrected chi connectivity index (χ0v) is 12.4. The van der Waals surface area contributed by atoms with Crippen LogP contribution in [0.2, 0.25) is 0 Å². The zero-order chi connectivity index (χ0) is 11.5. The number of amidine groups is 1. The first-order valence-electron chi connectivity index (χ1n) is 5.41. The molecule has 16 heavy (non-hydrogen) atoms. The van der Waals surface area contributed by atoms with Crippen molar-refractivity contribution in [2.75, 3.05) is 5.32 Å². The molecule has 0 aliphatic carbocycles. The molecule has 2 atom stereocenters. The van der Waals surface area contributed by atoms with E-state index in [1.165, 1.54) is 9.99 Å². The van der Waals surface area contributed by atoms with Gasteiger partial charge in [-0.05, 0) is 48.1 Å². The lowest BCUT2D eigenvalue weighted by molar-refractivity contribution is 0.661. The lowest BCUT2D eigenvalue weighted by Gasteiger charge is -2.23. The van der Waals surface area contributed by atoms with Crippen molar-refractivity contribution in [3.8, 4) is 0 Å². The second-order valence-electron chi connectivity index (χ2n) is 4.05. The average molecular weight is 346 g/mol. The van der Waals surface area contributed by atoms with Crippen molar-refractivity contribution in [2.45, 2.75) is 31.6 Å². The molecule has 0 bridgehead atoms. The summed E-state index contributed by atoms with van der Waals surface area (Å²) in [7, 11) is 0. The number of anilines is 1. The molecule has 1 N–H and O–H groups in total. The van der Waals surface area contributed by atoms with Gasteiger partial charge in [-0.3, -0.25) is 4.99 Å². The fraction of sp³-hybridized carbons (Fsp3) is 0.417. The number of benzene rings is 1. The highest BCUT2D eigenvalue weighted by molar-refractivity contribution is 14.1. The number of rotatable bonds is 1. The van der Waals surface area contributed by atoms with Crippen LogP contribution in [-0.2, 0) is 0 Å². The van der Waals surface area contributed by atoms with Crippen molar-refractivity contribution < 1.29 is 0 Å². The smallest absolute Gasteiger partial charge is 0.161 e. The van der Waals surface area contributed by atoms with Crippen molar-refractivity contribution in [1.29, 1.82) is 0 Å². The normalized spacial score (nSPS) is 25.1. The Morgan fingerprint density at radius 3 is 2.81 bits per heavy atom. The molecule has 1 aromatic carbocycles. The van der Waals surface area contributed by atoms with E-state index < -0.39 is 0 Å². The van der Waals surface area contributed by atoms with Gasteiger partial charge in [0.1, 0.15) is 0 Å². The van der Waals surface area contributed by atoms with E-state index in [0.717, 1.165) is 10.9 Å². The third-order valence-electron chi connectivity index (χ3n) is 2.44. The molecule has 1 aliphatic rings. The first kappa shape index (κ1) is 12.2. The molecule has 0 aromatic heterocycles. The Hall–Kier alpha value is -0.230. The van der Waals surface area contributed by atoms with E-state index in [1.807, 2.05) is 23.9 Å². The van der Waals surface area contributed by atoms with Crippen molar-refractivity contribution in [3.63, 3.8) is 0 Å². The molecule has 0 radical (unpaired) electrons. The summed E-state index contributed by atoms with van der Waals surface area (Å²) in [4.78, 5) is 4.63. The summed E-state index contributed by atoms with van der Waals surface area (Å²) in [6.07, 6.45) is 1.17. The summed E-state index contributed by atoms with van der Waals surface area (Å²) < 4.78 is 1.23. The summed E-state index contributed by atoms with van der Waals surface area (Å²) in [6, 6.07) is 8.72. The van der Waals surface area contributed by atoms with Gasteiger partial charge in [0.15, 0.2) is 5.17 Å². The van der Waals surface area contributed by atoms with Gasteiger partial charge < -0.3 is 5.32 Å². The monoisotopic (exact) mass is 346 g/mol. The van der Waals surface area contributed by atoms with Crippen LogP contribution in [-0.4, -0.2) is 16.5 Å². The molecule has 0 amide bonds. The topological polar surface area (TPSA) is 24.4 Å². The van der Waals surface area contributed by atoms with Crippen LogP contribution in [0, 0.1) is 3.57 Å². The Morgan fingerprint density at radius 1 is 1.38 bits per heavy atom. The van der Waals surface area contributed by atoms with E-state index in [2.05, 4.69) is 58.9 Å². The Labute approximate surface area is 114 Å². The molecule has 1 heterocycles. The molecule has 0 saturated heterocycles. The van der Waals surface area contributed by atoms with E-state index in [-0.39, 0.29) is 0 Å².